The van der Waals surface area contributed by atoms with E-state index in [-0.39, 0.29) is 18.6 Å². The Balaban J connectivity index is 1.86. The van der Waals surface area contributed by atoms with E-state index >= 15 is 0 Å². The van der Waals surface area contributed by atoms with E-state index in [2.05, 4.69) is 0 Å². The van der Waals surface area contributed by atoms with Crippen molar-refractivity contribution in [3.8, 4) is 11.5 Å². The first-order valence-electron chi connectivity index (χ1n) is 8.83. The fraction of sp³-hybridized carbons (Fsp3) is 0.474. The summed E-state index contributed by atoms with van der Waals surface area (Å²) in [7, 11) is 1.51. The summed E-state index contributed by atoms with van der Waals surface area (Å²) in [5.41, 5.74) is 0.740. The molecule has 10 heteroatoms. The summed E-state index contributed by atoms with van der Waals surface area (Å²) in [4.78, 5) is -0.556. The average molecular weight is 434 g/mol. The Hall–Kier alpha value is -1.85. The highest BCUT2D eigenvalue weighted by atomic mass is 32.1. The number of ether oxygens (including phenoxy) is 3. The molecule has 0 spiro atoms. The summed E-state index contributed by atoms with van der Waals surface area (Å²) < 4.78 is 55.7. The van der Waals surface area contributed by atoms with Crippen LogP contribution < -0.4 is 9.47 Å². The zero-order chi connectivity index (χ0) is 21.2. The van der Waals surface area contributed by atoms with Crippen molar-refractivity contribution < 1.29 is 42.7 Å². The van der Waals surface area contributed by atoms with Gasteiger partial charge in [-0.05, 0) is 17.7 Å². The van der Waals surface area contributed by atoms with Gasteiger partial charge in [0.05, 0.1) is 30.8 Å². The topological polar surface area (TPSA) is 88.4 Å². The first-order valence-corrected chi connectivity index (χ1v) is 9.65. The van der Waals surface area contributed by atoms with E-state index in [1.807, 2.05) is 0 Å². The Bertz CT molecular complexity index is 807. The number of alkyl halides is 3. The van der Waals surface area contributed by atoms with Gasteiger partial charge in [-0.15, -0.1) is 11.3 Å². The number of thiophene rings is 1. The van der Waals surface area contributed by atoms with Gasteiger partial charge in [-0.2, -0.15) is 13.2 Å². The van der Waals surface area contributed by atoms with Gasteiger partial charge in [0, 0.05) is 18.9 Å². The molecular formula is C19H21F3O6S. The lowest BCUT2D eigenvalue weighted by atomic mass is 10.0. The van der Waals surface area contributed by atoms with Crippen LogP contribution in [0.25, 0.3) is 0 Å². The Morgan fingerprint density at radius 1 is 1.21 bits per heavy atom. The molecule has 29 heavy (non-hydrogen) atoms. The summed E-state index contributed by atoms with van der Waals surface area (Å²) in [6.07, 6.45) is -9.27. The number of hydrogen-bond acceptors (Lipinski definition) is 7. The largest absolute Gasteiger partial charge is 0.497 e. The highest BCUT2D eigenvalue weighted by Gasteiger charge is 2.40. The summed E-state index contributed by atoms with van der Waals surface area (Å²) in [5.74, 6) is 0.531. The zero-order valence-corrected chi connectivity index (χ0v) is 16.2. The third-order valence-electron chi connectivity index (χ3n) is 4.52. The lowest BCUT2D eigenvalue weighted by molar-refractivity contribution is -0.240. The van der Waals surface area contributed by atoms with Gasteiger partial charge in [0.15, 0.2) is 0 Å². The van der Waals surface area contributed by atoms with Crippen molar-refractivity contribution in [2.45, 2.75) is 43.6 Å². The van der Waals surface area contributed by atoms with Crippen LogP contribution in [0.15, 0.2) is 30.3 Å². The average Bonchev–Trinajstić information content (AvgIpc) is 3.08. The maximum Gasteiger partial charge on any atom is 0.425 e. The highest BCUT2D eigenvalue weighted by Crippen LogP contribution is 2.42. The third kappa shape index (κ3) is 5.20. The molecule has 0 aliphatic carbocycles. The van der Waals surface area contributed by atoms with E-state index in [1.165, 1.54) is 7.11 Å². The fourth-order valence-corrected chi connectivity index (χ4v) is 3.95. The summed E-state index contributed by atoms with van der Waals surface area (Å²) in [5, 5.41) is 29.3. The van der Waals surface area contributed by atoms with Crippen molar-refractivity contribution in [1.29, 1.82) is 0 Å². The van der Waals surface area contributed by atoms with E-state index < -0.39 is 42.3 Å². The molecule has 3 N–H and O–H groups in total. The maximum absolute atomic E-state index is 13.2. The number of rotatable bonds is 6. The van der Waals surface area contributed by atoms with Gasteiger partial charge in [0.1, 0.15) is 22.5 Å². The van der Waals surface area contributed by atoms with Crippen LogP contribution in [-0.4, -0.2) is 53.6 Å². The summed E-state index contributed by atoms with van der Waals surface area (Å²) >= 11 is 0.538. The lowest BCUT2D eigenvalue weighted by Crippen LogP contribution is -2.51. The van der Waals surface area contributed by atoms with E-state index in [0.29, 0.717) is 22.0 Å². The molecule has 2 heterocycles. The summed E-state index contributed by atoms with van der Waals surface area (Å²) in [6, 6.07) is 7.71. The molecule has 4 atom stereocenters. The van der Waals surface area contributed by atoms with Gasteiger partial charge in [-0.3, -0.25) is 0 Å². The van der Waals surface area contributed by atoms with Gasteiger partial charge in [0.25, 0.3) is 0 Å². The molecule has 1 fully saturated rings. The first-order chi connectivity index (χ1) is 13.7. The maximum atomic E-state index is 13.2. The monoisotopic (exact) mass is 434 g/mol. The minimum Gasteiger partial charge on any atom is -0.497 e. The minimum atomic E-state index is -4.56. The molecule has 4 unspecified atom stereocenters. The summed E-state index contributed by atoms with van der Waals surface area (Å²) in [6.45, 7) is -0.417. The second-order valence-electron chi connectivity index (χ2n) is 6.64. The number of benzene rings is 1. The molecule has 1 aliphatic heterocycles. The van der Waals surface area contributed by atoms with Crippen molar-refractivity contribution in [2.75, 3.05) is 13.7 Å². The van der Waals surface area contributed by atoms with Crippen LogP contribution in [0.4, 0.5) is 13.2 Å². The molecular weight excluding hydrogens is 413 g/mol. The van der Waals surface area contributed by atoms with Crippen molar-refractivity contribution in [3.63, 3.8) is 0 Å². The van der Waals surface area contributed by atoms with Crippen LogP contribution in [0.2, 0.25) is 0 Å². The SMILES string of the molecule is COc1ccc(Cc2sc(C(F)(F)F)cc2OC2OC(CO)CC(O)C2O)cc1. The van der Waals surface area contributed by atoms with Crippen LogP contribution in [0.1, 0.15) is 21.7 Å². The number of aliphatic hydroxyl groups is 3. The number of hydrogen-bond donors (Lipinski definition) is 3. The lowest BCUT2D eigenvalue weighted by Gasteiger charge is -2.36. The van der Waals surface area contributed by atoms with Gasteiger partial charge in [-0.1, -0.05) is 12.1 Å². The van der Waals surface area contributed by atoms with Gasteiger partial charge < -0.3 is 29.5 Å². The molecule has 1 aliphatic rings. The molecule has 3 rings (SSSR count). The van der Waals surface area contributed by atoms with Gasteiger partial charge in [0.2, 0.25) is 6.29 Å². The Morgan fingerprint density at radius 2 is 1.90 bits per heavy atom. The molecule has 2 aromatic rings. The van der Waals surface area contributed by atoms with Crippen LogP contribution in [0.3, 0.4) is 0 Å². The molecule has 6 nitrogen and oxygen atoms in total. The standard InChI is InChI=1S/C19H21F3O6S/c1-26-11-4-2-10(3-5-11)6-15-14(8-16(29-15)19(20,21)22)28-18-17(25)13(24)7-12(9-23)27-18/h2-5,8,12-13,17-18,23-25H,6-7,9H2,1H3. The second-order valence-corrected chi connectivity index (χ2v) is 7.78. The number of halogens is 3. The predicted molar refractivity (Wildman–Crippen MR) is 98.1 cm³/mol. The number of methoxy groups -OCH3 is 1. The second kappa shape index (κ2) is 8.88. The van der Waals surface area contributed by atoms with Gasteiger partial charge in [-0.25, -0.2) is 0 Å². The Kier molecular flexibility index (Phi) is 6.69. The van der Waals surface area contributed by atoms with Crippen LogP contribution in [0.5, 0.6) is 11.5 Å². The van der Waals surface area contributed by atoms with Crippen molar-refractivity contribution in [1.82, 2.24) is 0 Å². The Labute approximate surface area is 169 Å². The molecule has 0 saturated carbocycles. The molecule has 0 amide bonds. The molecule has 1 aromatic carbocycles. The first kappa shape index (κ1) is 21.8. The predicted octanol–water partition coefficient (Wildman–Crippen LogP) is 2.57. The van der Waals surface area contributed by atoms with E-state index in [1.54, 1.807) is 24.3 Å². The van der Waals surface area contributed by atoms with Crippen LogP contribution >= 0.6 is 11.3 Å². The molecule has 160 valence electrons. The highest BCUT2D eigenvalue weighted by molar-refractivity contribution is 7.12. The van der Waals surface area contributed by atoms with Gasteiger partial charge >= 0.3 is 6.18 Å². The molecule has 1 saturated heterocycles. The molecule has 1 aromatic heterocycles. The van der Waals surface area contributed by atoms with E-state index in [4.69, 9.17) is 14.2 Å². The van der Waals surface area contributed by atoms with E-state index in [9.17, 15) is 28.5 Å². The molecule has 0 bridgehead atoms. The van der Waals surface area contributed by atoms with Crippen molar-refractivity contribution in [2.24, 2.45) is 0 Å². The fourth-order valence-electron chi connectivity index (χ4n) is 2.96. The van der Waals surface area contributed by atoms with Crippen LogP contribution in [-0.2, 0) is 17.3 Å². The minimum absolute atomic E-state index is 0.00628. The van der Waals surface area contributed by atoms with Crippen molar-refractivity contribution in [3.05, 3.63) is 45.6 Å². The van der Waals surface area contributed by atoms with E-state index in [0.717, 1.165) is 11.6 Å². The third-order valence-corrected chi connectivity index (χ3v) is 5.69. The molecule has 0 radical (unpaired) electrons. The quantitative estimate of drug-likeness (QED) is 0.648. The smallest absolute Gasteiger partial charge is 0.425 e. The number of aliphatic hydroxyl groups excluding tert-OH is 3. The Morgan fingerprint density at radius 3 is 2.48 bits per heavy atom. The van der Waals surface area contributed by atoms with Crippen LogP contribution in [0, 0.1) is 0 Å². The van der Waals surface area contributed by atoms with Crippen molar-refractivity contribution >= 4 is 11.3 Å². The normalized spacial score (nSPS) is 25.1. The zero-order valence-electron chi connectivity index (χ0n) is 15.4.